The van der Waals surface area contributed by atoms with Crippen molar-refractivity contribution in [2.75, 3.05) is 18.1 Å². The Morgan fingerprint density at radius 1 is 1.47 bits per heavy atom. The number of rotatable bonds is 1. The van der Waals surface area contributed by atoms with Gasteiger partial charge in [0.25, 0.3) is 0 Å². The first-order valence-electron chi connectivity index (χ1n) is 6.59. The van der Waals surface area contributed by atoms with Gasteiger partial charge in [-0.3, -0.25) is 4.99 Å². The quantitative estimate of drug-likeness (QED) is 0.859. The maximum Gasteiger partial charge on any atom is 0.196 e. The van der Waals surface area contributed by atoms with Crippen molar-refractivity contribution in [2.45, 2.75) is 31.4 Å². The molecule has 2 aliphatic heterocycles. The molecule has 102 valence electrons. The Bertz CT molecular complexity index is 519. The van der Waals surface area contributed by atoms with Gasteiger partial charge >= 0.3 is 0 Å². The summed E-state index contributed by atoms with van der Waals surface area (Å²) in [6.45, 7) is 3.56. The van der Waals surface area contributed by atoms with Crippen LogP contribution in [0.15, 0.2) is 29.3 Å². The second-order valence-corrected chi connectivity index (χ2v) is 5.73. The van der Waals surface area contributed by atoms with Gasteiger partial charge < -0.3 is 15.4 Å². The lowest BCUT2D eigenvalue weighted by Gasteiger charge is -2.44. The predicted molar refractivity (Wildman–Crippen MR) is 77.8 cm³/mol. The number of para-hydroxylation sites is 1. The molecule has 2 unspecified atom stereocenters. The minimum Gasteiger partial charge on any atom is -0.378 e. The highest BCUT2D eigenvalue weighted by molar-refractivity contribution is 6.34. The van der Waals surface area contributed by atoms with Gasteiger partial charge in [-0.25, -0.2) is 0 Å². The molecule has 0 aromatic heterocycles. The molecule has 1 aromatic rings. The van der Waals surface area contributed by atoms with Crippen molar-refractivity contribution in [3.63, 3.8) is 0 Å². The van der Waals surface area contributed by atoms with Crippen molar-refractivity contribution in [1.82, 2.24) is 0 Å². The first-order valence-corrected chi connectivity index (χ1v) is 6.96. The van der Waals surface area contributed by atoms with Crippen molar-refractivity contribution < 1.29 is 4.74 Å². The Balaban J connectivity index is 2.01. The van der Waals surface area contributed by atoms with E-state index >= 15 is 0 Å². The minimum atomic E-state index is -0.0766. The summed E-state index contributed by atoms with van der Waals surface area (Å²) < 4.78 is 5.66. The molecule has 1 spiro atoms. The molecule has 19 heavy (non-hydrogen) atoms. The van der Waals surface area contributed by atoms with E-state index in [4.69, 9.17) is 22.1 Å². The number of hydrogen-bond acceptors (Lipinski definition) is 4. The fourth-order valence-corrected chi connectivity index (χ4v) is 3.34. The normalized spacial score (nSPS) is 30.7. The fourth-order valence-electron chi connectivity index (χ4n) is 3.12. The van der Waals surface area contributed by atoms with E-state index in [1.54, 1.807) is 0 Å². The fraction of sp³-hybridized carbons (Fsp3) is 0.500. The van der Waals surface area contributed by atoms with Gasteiger partial charge in [0.05, 0.1) is 28.9 Å². The van der Waals surface area contributed by atoms with Gasteiger partial charge in [0.15, 0.2) is 5.96 Å². The third-order valence-corrected chi connectivity index (χ3v) is 4.29. The van der Waals surface area contributed by atoms with Crippen LogP contribution in [0.25, 0.3) is 0 Å². The molecular weight excluding hydrogens is 262 g/mol. The maximum absolute atomic E-state index is 6.32. The molecule has 0 amide bonds. The van der Waals surface area contributed by atoms with Gasteiger partial charge in [0, 0.05) is 6.61 Å². The zero-order chi connectivity index (χ0) is 13.5. The Morgan fingerprint density at radius 3 is 3.00 bits per heavy atom. The van der Waals surface area contributed by atoms with Crippen LogP contribution in [0.5, 0.6) is 0 Å². The molecule has 2 heterocycles. The summed E-state index contributed by atoms with van der Waals surface area (Å²) in [6.07, 6.45) is 2.06. The minimum absolute atomic E-state index is 0.0766. The zero-order valence-electron chi connectivity index (χ0n) is 11.0. The van der Waals surface area contributed by atoms with Crippen LogP contribution in [0.1, 0.15) is 19.8 Å². The van der Waals surface area contributed by atoms with E-state index in [0.29, 0.717) is 11.0 Å². The largest absolute Gasteiger partial charge is 0.378 e. The molecule has 1 saturated heterocycles. The molecule has 2 N–H and O–H groups in total. The lowest BCUT2D eigenvalue weighted by Crippen LogP contribution is -2.56. The number of halogens is 1. The molecule has 0 radical (unpaired) electrons. The lowest BCUT2D eigenvalue weighted by atomic mass is 9.85. The van der Waals surface area contributed by atoms with Gasteiger partial charge in [-0.15, -0.1) is 0 Å². The molecule has 1 fully saturated rings. The second kappa shape index (κ2) is 4.69. The summed E-state index contributed by atoms with van der Waals surface area (Å²) in [5, 5.41) is 0.709. The van der Waals surface area contributed by atoms with E-state index in [-0.39, 0.29) is 11.6 Å². The summed E-state index contributed by atoms with van der Waals surface area (Å²) in [5.41, 5.74) is 6.97. The third kappa shape index (κ3) is 2.09. The number of anilines is 1. The van der Waals surface area contributed by atoms with Gasteiger partial charge in [-0.05, 0) is 31.9 Å². The van der Waals surface area contributed by atoms with Crippen LogP contribution in [0.2, 0.25) is 5.02 Å². The molecule has 3 rings (SSSR count). The standard InChI is InChI=1S/C14H18ClN3O/c1-10-8-14(6-7-19-10)9-17-13(16)18(14)12-5-3-2-4-11(12)15/h2-5,10H,6-9H2,1H3,(H2,16,17). The van der Waals surface area contributed by atoms with Crippen LogP contribution in [0.4, 0.5) is 5.69 Å². The average molecular weight is 280 g/mol. The maximum atomic E-state index is 6.32. The highest BCUT2D eigenvalue weighted by Crippen LogP contribution is 2.40. The van der Waals surface area contributed by atoms with Gasteiger partial charge in [0.2, 0.25) is 0 Å². The lowest BCUT2D eigenvalue weighted by molar-refractivity contribution is -0.00246. The Labute approximate surface area is 118 Å². The first-order chi connectivity index (χ1) is 9.12. The van der Waals surface area contributed by atoms with Crippen molar-refractivity contribution in [3.8, 4) is 0 Å². The molecule has 2 atom stereocenters. The van der Waals surface area contributed by atoms with Crippen LogP contribution in [0, 0.1) is 0 Å². The molecule has 4 nitrogen and oxygen atoms in total. The van der Waals surface area contributed by atoms with Crippen LogP contribution < -0.4 is 10.6 Å². The highest BCUT2D eigenvalue weighted by Gasteiger charge is 2.46. The number of hydrogen-bond donors (Lipinski definition) is 1. The number of nitrogens with zero attached hydrogens (tertiary/aromatic N) is 2. The van der Waals surface area contributed by atoms with Crippen LogP contribution in [-0.2, 0) is 4.74 Å². The topological polar surface area (TPSA) is 50.9 Å². The van der Waals surface area contributed by atoms with Crippen molar-refractivity contribution in [3.05, 3.63) is 29.3 Å². The van der Waals surface area contributed by atoms with Gasteiger partial charge in [-0.2, -0.15) is 0 Å². The van der Waals surface area contributed by atoms with E-state index in [0.717, 1.165) is 31.7 Å². The van der Waals surface area contributed by atoms with E-state index in [9.17, 15) is 0 Å². The summed E-state index contributed by atoms with van der Waals surface area (Å²) in [4.78, 5) is 6.56. The summed E-state index contributed by atoms with van der Waals surface area (Å²) in [5.74, 6) is 0.558. The third-order valence-electron chi connectivity index (χ3n) is 3.97. The van der Waals surface area contributed by atoms with E-state index in [2.05, 4.69) is 16.8 Å². The zero-order valence-corrected chi connectivity index (χ0v) is 11.7. The molecule has 1 aromatic carbocycles. The molecule has 2 aliphatic rings. The Hall–Kier alpha value is -1.26. The smallest absolute Gasteiger partial charge is 0.196 e. The van der Waals surface area contributed by atoms with E-state index < -0.39 is 0 Å². The average Bonchev–Trinajstić information content (AvgIpc) is 2.67. The predicted octanol–water partition coefficient (Wildman–Crippen LogP) is 2.41. The number of guanidine groups is 1. The number of ether oxygens (including phenoxy) is 1. The summed E-state index contributed by atoms with van der Waals surface area (Å²) in [7, 11) is 0. The molecule has 0 bridgehead atoms. The number of aliphatic imine (C=N–C) groups is 1. The second-order valence-electron chi connectivity index (χ2n) is 5.32. The Morgan fingerprint density at radius 2 is 2.26 bits per heavy atom. The van der Waals surface area contributed by atoms with Crippen LogP contribution >= 0.6 is 11.6 Å². The first kappa shape index (κ1) is 12.8. The summed E-state index contributed by atoms with van der Waals surface area (Å²) >= 11 is 6.32. The van der Waals surface area contributed by atoms with Crippen LogP contribution in [0.3, 0.4) is 0 Å². The summed E-state index contributed by atoms with van der Waals surface area (Å²) in [6, 6.07) is 7.79. The highest BCUT2D eigenvalue weighted by atomic mass is 35.5. The van der Waals surface area contributed by atoms with Gasteiger partial charge in [0.1, 0.15) is 0 Å². The monoisotopic (exact) mass is 279 g/mol. The van der Waals surface area contributed by atoms with Crippen molar-refractivity contribution in [1.29, 1.82) is 0 Å². The molecule has 0 aliphatic carbocycles. The van der Waals surface area contributed by atoms with Crippen molar-refractivity contribution >= 4 is 23.2 Å². The van der Waals surface area contributed by atoms with Crippen LogP contribution in [-0.4, -0.2) is 30.8 Å². The Kier molecular flexibility index (Phi) is 3.15. The SMILES string of the molecule is CC1CC2(CCO1)CN=C(N)N2c1ccccc1Cl. The van der Waals surface area contributed by atoms with Crippen molar-refractivity contribution in [2.24, 2.45) is 10.7 Å². The molecule has 5 heteroatoms. The number of benzene rings is 1. The number of nitrogens with two attached hydrogens (primary N) is 1. The molecular formula is C14H18ClN3O. The van der Waals surface area contributed by atoms with E-state index in [1.165, 1.54) is 0 Å². The van der Waals surface area contributed by atoms with E-state index in [1.807, 2.05) is 24.3 Å². The van der Waals surface area contributed by atoms with Gasteiger partial charge in [-0.1, -0.05) is 23.7 Å². The molecule has 0 saturated carbocycles.